The number of methoxy groups -OCH3 is 2. The number of rotatable bonds is 5. The van der Waals surface area contributed by atoms with Crippen molar-refractivity contribution in [3.63, 3.8) is 0 Å². The Morgan fingerprint density at radius 3 is 2.73 bits per heavy atom. The van der Waals surface area contributed by atoms with E-state index in [0.29, 0.717) is 26.8 Å². The molecule has 0 aliphatic carbocycles. The second-order valence-corrected chi connectivity index (χ2v) is 7.67. The first-order valence-corrected chi connectivity index (χ1v) is 9.48. The van der Waals surface area contributed by atoms with Crippen LogP contribution in [0, 0.1) is 0 Å². The fraction of sp³-hybridized carbons (Fsp3) is 0.118. The molecule has 0 spiro atoms. The van der Waals surface area contributed by atoms with E-state index in [2.05, 4.69) is 5.43 Å². The molecule has 1 N–H and O–H groups in total. The van der Waals surface area contributed by atoms with Crippen molar-refractivity contribution in [2.45, 2.75) is 0 Å². The molecule has 1 aromatic heterocycles. The number of hydrogen-bond acceptors (Lipinski definition) is 7. The summed E-state index contributed by atoms with van der Waals surface area (Å²) in [4.78, 5) is 25.7. The maximum atomic E-state index is 12.6. The molecule has 0 saturated carbocycles. The Kier molecular flexibility index (Phi) is 5.60. The van der Waals surface area contributed by atoms with E-state index < -0.39 is 5.91 Å². The molecule has 2 amide bonds. The Labute approximate surface area is 163 Å². The lowest BCUT2D eigenvalue weighted by molar-refractivity contribution is -0.123. The van der Waals surface area contributed by atoms with E-state index in [0.717, 1.165) is 16.8 Å². The summed E-state index contributed by atoms with van der Waals surface area (Å²) in [5.74, 6) is 0.462. The Balaban J connectivity index is 1.84. The highest BCUT2D eigenvalue weighted by Gasteiger charge is 2.34. The third-order valence-electron chi connectivity index (χ3n) is 3.48. The van der Waals surface area contributed by atoms with Gasteiger partial charge in [-0.25, -0.2) is 0 Å². The number of ether oxygens (including phenoxy) is 2. The number of thiophene rings is 1. The Morgan fingerprint density at radius 2 is 2.08 bits per heavy atom. The Morgan fingerprint density at radius 1 is 1.27 bits per heavy atom. The minimum atomic E-state index is -0.394. The third kappa shape index (κ3) is 3.74. The number of nitrogens with zero attached hydrogens (tertiary/aromatic N) is 1. The number of nitrogens with one attached hydrogen (secondary N) is 1. The number of hydrazine groups is 1. The molecule has 1 saturated heterocycles. The van der Waals surface area contributed by atoms with Crippen molar-refractivity contribution < 1.29 is 19.1 Å². The van der Waals surface area contributed by atoms with E-state index in [1.54, 1.807) is 56.0 Å². The maximum Gasteiger partial charge on any atom is 0.285 e. The van der Waals surface area contributed by atoms with Crippen molar-refractivity contribution in [1.29, 1.82) is 0 Å². The normalized spacial score (nSPS) is 15.5. The van der Waals surface area contributed by atoms with Crippen LogP contribution in [0.1, 0.15) is 15.2 Å². The lowest BCUT2D eigenvalue weighted by Gasteiger charge is -2.14. The summed E-state index contributed by atoms with van der Waals surface area (Å²) in [6, 6.07) is 8.72. The second-order valence-electron chi connectivity index (χ2n) is 5.04. The summed E-state index contributed by atoms with van der Waals surface area (Å²) in [7, 11) is 3.11. The summed E-state index contributed by atoms with van der Waals surface area (Å²) in [5, 5.41) is 2.87. The van der Waals surface area contributed by atoms with Crippen LogP contribution < -0.4 is 14.9 Å². The van der Waals surface area contributed by atoms with Crippen LogP contribution in [0.25, 0.3) is 6.08 Å². The number of thiocarbonyl (C=S) groups is 1. The van der Waals surface area contributed by atoms with Crippen LogP contribution in [0.4, 0.5) is 0 Å². The average molecular weight is 407 g/mol. The van der Waals surface area contributed by atoms with Gasteiger partial charge in [-0.3, -0.25) is 15.0 Å². The number of thioether (sulfide) groups is 1. The SMILES string of the molecule is COc1ccc(OC)c(/C=C2/SC(=S)N(NC(=O)c3cccs3)C2=O)c1. The van der Waals surface area contributed by atoms with Gasteiger partial charge in [-0.15, -0.1) is 11.3 Å². The Bertz CT molecular complexity index is 893. The van der Waals surface area contributed by atoms with Gasteiger partial charge in [0.05, 0.1) is 24.0 Å². The van der Waals surface area contributed by atoms with E-state index in [1.165, 1.54) is 11.3 Å². The molecule has 6 nitrogen and oxygen atoms in total. The lowest BCUT2D eigenvalue weighted by Crippen LogP contribution is -2.44. The van der Waals surface area contributed by atoms with Gasteiger partial charge in [0.25, 0.3) is 11.8 Å². The van der Waals surface area contributed by atoms with Crippen LogP contribution in [-0.2, 0) is 4.79 Å². The first-order valence-electron chi connectivity index (χ1n) is 7.38. The highest BCUT2D eigenvalue weighted by Crippen LogP contribution is 2.34. The summed E-state index contributed by atoms with van der Waals surface area (Å²) in [6.45, 7) is 0. The lowest BCUT2D eigenvalue weighted by atomic mass is 10.1. The van der Waals surface area contributed by atoms with Crippen LogP contribution in [0.2, 0.25) is 0 Å². The van der Waals surface area contributed by atoms with Gasteiger partial charge >= 0.3 is 0 Å². The van der Waals surface area contributed by atoms with E-state index >= 15 is 0 Å². The summed E-state index contributed by atoms with van der Waals surface area (Å²) >= 11 is 7.62. The predicted octanol–water partition coefficient (Wildman–Crippen LogP) is 3.31. The first-order chi connectivity index (χ1) is 12.5. The molecule has 1 aliphatic heterocycles. The van der Waals surface area contributed by atoms with E-state index in [9.17, 15) is 9.59 Å². The van der Waals surface area contributed by atoms with E-state index in [1.807, 2.05) is 0 Å². The Hall–Kier alpha value is -2.36. The number of hydrogen-bond donors (Lipinski definition) is 1. The fourth-order valence-electron chi connectivity index (χ4n) is 2.22. The van der Waals surface area contributed by atoms with Crippen molar-refractivity contribution in [2.24, 2.45) is 0 Å². The van der Waals surface area contributed by atoms with E-state index in [-0.39, 0.29) is 10.2 Å². The quantitative estimate of drug-likeness (QED) is 0.607. The summed E-state index contributed by atoms with van der Waals surface area (Å²) in [5.41, 5.74) is 3.22. The van der Waals surface area contributed by atoms with Crippen molar-refractivity contribution in [2.75, 3.05) is 14.2 Å². The molecule has 26 heavy (non-hydrogen) atoms. The minimum absolute atomic E-state index is 0.257. The molecule has 134 valence electrons. The van der Waals surface area contributed by atoms with Crippen LogP contribution in [-0.4, -0.2) is 35.4 Å². The monoisotopic (exact) mass is 406 g/mol. The van der Waals surface area contributed by atoms with Gasteiger partial charge in [0, 0.05) is 5.56 Å². The fourth-order valence-corrected chi connectivity index (χ4v) is 4.01. The number of carbonyl (C=O) groups is 2. The molecule has 0 atom stereocenters. The van der Waals surface area contributed by atoms with Gasteiger partial charge < -0.3 is 9.47 Å². The van der Waals surface area contributed by atoms with E-state index in [4.69, 9.17) is 21.7 Å². The molecule has 1 aromatic carbocycles. The van der Waals surface area contributed by atoms with Gasteiger partial charge in [0.2, 0.25) is 0 Å². The highest BCUT2D eigenvalue weighted by atomic mass is 32.2. The molecule has 9 heteroatoms. The zero-order chi connectivity index (χ0) is 18.7. The predicted molar refractivity (Wildman–Crippen MR) is 106 cm³/mol. The van der Waals surface area contributed by atoms with Crippen molar-refractivity contribution >= 4 is 57.5 Å². The summed E-state index contributed by atoms with van der Waals surface area (Å²) in [6.07, 6.45) is 1.66. The molecule has 1 aliphatic rings. The molecule has 2 heterocycles. The van der Waals surface area contributed by atoms with Crippen LogP contribution in [0.3, 0.4) is 0 Å². The van der Waals surface area contributed by atoms with Gasteiger partial charge in [-0.2, -0.15) is 5.01 Å². The molecular formula is C17H14N2O4S3. The van der Waals surface area contributed by atoms with Crippen molar-refractivity contribution in [1.82, 2.24) is 10.4 Å². The van der Waals surface area contributed by atoms with Crippen molar-refractivity contribution in [3.05, 3.63) is 51.1 Å². The average Bonchev–Trinajstić information content (AvgIpc) is 3.26. The highest BCUT2D eigenvalue weighted by molar-refractivity contribution is 8.26. The zero-order valence-corrected chi connectivity index (χ0v) is 16.3. The minimum Gasteiger partial charge on any atom is -0.497 e. The maximum absolute atomic E-state index is 12.6. The van der Waals surface area contributed by atoms with Gasteiger partial charge in [-0.05, 0) is 47.9 Å². The molecule has 2 aromatic rings. The number of carbonyl (C=O) groups excluding carboxylic acids is 2. The van der Waals surface area contributed by atoms with Crippen LogP contribution in [0.5, 0.6) is 11.5 Å². The van der Waals surface area contributed by atoms with Crippen molar-refractivity contribution in [3.8, 4) is 11.5 Å². The smallest absolute Gasteiger partial charge is 0.285 e. The molecule has 0 unspecified atom stereocenters. The molecule has 0 bridgehead atoms. The van der Waals surface area contributed by atoms with Gasteiger partial charge in [0.1, 0.15) is 11.5 Å². The van der Waals surface area contributed by atoms with Crippen LogP contribution in [0.15, 0.2) is 40.6 Å². The summed E-state index contributed by atoms with van der Waals surface area (Å²) < 4.78 is 10.8. The molecule has 0 radical (unpaired) electrons. The largest absolute Gasteiger partial charge is 0.497 e. The molecule has 3 rings (SSSR count). The number of benzene rings is 1. The van der Waals surface area contributed by atoms with Gasteiger partial charge in [-0.1, -0.05) is 17.8 Å². The zero-order valence-electron chi connectivity index (χ0n) is 13.8. The molecule has 1 fully saturated rings. The third-order valence-corrected chi connectivity index (χ3v) is 5.65. The van der Waals surface area contributed by atoms with Crippen LogP contribution >= 0.6 is 35.3 Å². The molecular weight excluding hydrogens is 392 g/mol. The number of amides is 2. The van der Waals surface area contributed by atoms with Gasteiger partial charge in [0.15, 0.2) is 4.32 Å². The topological polar surface area (TPSA) is 67.9 Å². The standard InChI is InChI=1S/C17H14N2O4S3/c1-22-11-5-6-12(23-2)10(8-11)9-14-16(21)19(17(24)26-14)18-15(20)13-4-3-7-25-13/h3-9H,1-2H3,(H,18,20)/b14-9+. The first kappa shape index (κ1) is 18.4. The second kappa shape index (κ2) is 7.90.